The lowest BCUT2D eigenvalue weighted by Crippen LogP contribution is -2.38. The molecule has 0 spiro atoms. The Hall–Kier alpha value is -2.30. The molecule has 0 saturated heterocycles. The molecule has 1 heterocycles. The van der Waals surface area contributed by atoms with Crippen LogP contribution in [0.2, 0.25) is 0 Å². The van der Waals surface area contributed by atoms with Crippen molar-refractivity contribution >= 4 is 22.5 Å². The molecule has 100 valence electrons. The molecule has 19 heavy (non-hydrogen) atoms. The lowest BCUT2D eigenvalue weighted by atomic mass is 10.0. The maximum atomic E-state index is 12.5. The zero-order chi connectivity index (χ0) is 14.2. The molecule has 0 aliphatic rings. The van der Waals surface area contributed by atoms with E-state index in [2.05, 4.69) is 0 Å². The minimum Gasteiger partial charge on any atom is -0.385 e. The molecule has 0 fully saturated rings. The second-order valence-electron chi connectivity index (χ2n) is 4.92. The summed E-state index contributed by atoms with van der Waals surface area (Å²) >= 11 is 0. The highest BCUT2D eigenvalue weighted by atomic mass is 16.2. The first kappa shape index (κ1) is 13.1. The van der Waals surface area contributed by atoms with E-state index in [-0.39, 0.29) is 17.3 Å². The number of hydrogen-bond acceptors (Lipinski definition) is 3. The Labute approximate surface area is 110 Å². The van der Waals surface area contributed by atoms with Gasteiger partial charge in [0.2, 0.25) is 5.91 Å². The Bertz CT molecular complexity index is 689. The molecule has 1 aromatic carbocycles. The third-order valence-electron chi connectivity index (χ3n) is 3.19. The zero-order valence-corrected chi connectivity index (χ0v) is 11.0. The topological polar surface area (TPSA) is 91.1 Å². The Morgan fingerprint density at radius 3 is 2.47 bits per heavy atom. The number of hydrogen-bond donors (Lipinski definition) is 2. The molecule has 1 unspecified atom stereocenters. The van der Waals surface area contributed by atoms with E-state index in [1.807, 2.05) is 26.0 Å². The van der Waals surface area contributed by atoms with E-state index in [1.165, 1.54) is 4.57 Å². The van der Waals surface area contributed by atoms with Gasteiger partial charge in [0.1, 0.15) is 11.9 Å². The Morgan fingerprint density at radius 2 is 1.89 bits per heavy atom. The van der Waals surface area contributed by atoms with Crippen LogP contribution in [0.25, 0.3) is 10.8 Å². The first-order valence-corrected chi connectivity index (χ1v) is 6.12. The summed E-state index contributed by atoms with van der Waals surface area (Å²) in [6.07, 6.45) is 0. The molecule has 2 rings (SSSR count). The first-order chi connectivity index (χ1) is 8.93. The van der Waals surface area contributed by atoms with E-state index in [9.17, 15) is 9.59 Å². The van der Waals surface area contributed by atoms with Crippen LogP contribution in [-0.4, -0.2) is 10.5 Å². The summed E-state index contributed by atoms with van der Waals surface area (Å²) in [6, 6.07) is 8.09. The van der Waals surface area contributed by atoms with Crippen LogP contribution < -0.4 is 17.0 Å². The molecule has 1 amide bonds. The average molecular weight is 259 g/mol. The van der Waals surface area contributed by atoms with E-state index >= 15 is 0 Å². The van der Waals surface area contributed by atoms with Gasteiger partial charge in [0.05, 0.1) is 0 Å². The van der Waals surface area contributed by atoms with Crippen LogP contribution >= 0.6 is 0 Å². The van der Waals surface area contributed by atoms with Gasteiger partial charge in [-0.3, -0.25) is 14.2 Å². The summed E-state index contributed by atoms with van der Waals surface area (Å²) in [7, 11) is 0. The standard InChI is InChI=1S/C14H17N3O2/c1-8(2)12(13(16)18)17-11(15)7-9-5-3-4-6-10(9)14(17)19/h3-8,12H,15H2,1-2H3,(H2,16,18). The number of anilines is 1. The fourth-order valence-corrected chi connectivity index (χ4v) is 2.33. The van der Waals surface area contributed by atoms with Crippen molar-refractivity contribution in [3.63, 3.8) is 0 Å². The molecule has 0 radical (unpaired) electrons. The van der Waals surface area contributed by atoms with E-state index in [4.69, 9.17) is 11.5 Å². The number of amides is 1. The number of rotatable bonds is 3. The van der Waals surface area contributed by atoms with Crippen molar-refractivity contribution < 1.29 is 4.79 Å². The lowest BCUT2D eigenvalue weighted by molar-refractivity contribution is -0.122. The molecule has 5 nitrogen and oxygen atoms in total. The number of primary amides is 1. The van der Waals surface area contributed by atoms with E-state index in [0.717, 1.165) is 5.39 Å². The predicted octanol–water partition coefficient (Wildman–Crippen LogP) is 1.27. The molecular weight excluding hydrogens is 242 g/mol. The molecule has 1 atom stereocenters. The Morgan fingerprint density at radius 1 is 1.26 bits per heavy atom. The number of nitrogen functional groups attached to an aromatic ring is 1. The molecule has 0 saturated carbocycles. The fraction of sp³-hybridized carbons (Fsp3) is 0.286. The number of nitrogens with zero attached hydrogens (tertiary/aromatic N) is 1. The summed E-state index contributed by atoms with van der Waals surface area (Å²) in [5, 5.41) is 1.29. The van der Waals surface area contributed by atoms with Crippen LogP contribution in [-0.2, 0) is 4.79 Å². The Kier molecular flexibility index (Phi) is 3.29. The summed E-state index contributed by atoms with van der Waals surface area (Å²) in [6.45, 7) is 3.66. The van der Waals surface area contributed by atoms with Crippen LogP contribution in [0.3, 0.4) is 0 Å². The number of benzene rings is 1. The monoisotopic (exact) mass is 259 g/mol. The van der Waals surface area contributed by atoms with Gasteiger partial charge in [-0.1, -0.05) is 32.0 Å². The minimum absolute atomic E-state index is 0.112. The first-order valence-electron chi connectivity index (χ1n) is 6.12. The van der Waals surface area contributed by atoms with Gasteiger partial charge in [0.15, 0.2) is 0 Å². The molecule has 5 heteroatoms. The van der Waals surface area contributed by atoms with Gasteiger partial charge in [-0.2, -0.15) is 0 Å². The molecule has 0 bridgehead atoms. The molecular formula is C14H17N3O2. The van der Waals surface area contributed by atoms with Crippen LogP contribution in [0.1, 0.15) is 19.9 Å². The van der Waals surface area contributed by atoms with Crippen molar-refractivity contribution in [2.24, 2.45) is 11.7 Å². The third kappa shape index (κ3) is 2.19. The van der Waals surface area contributed by atoms with E-state index in [0.29, 0.717) is 5.39 Å². The number of carbonyl (C=O) groups is 1. The largest absolute Gasteiger partial charge is 0.385 e. The van der Waals surface area contributed by atoms with E-state index in [1.54, 1.807) is 18.2 Å². The van der Waals surface area contributed by atoms with Gasteiger partial charge in [0.25, 0.3) is 5.56 Å². The summed E-state index contributed by atoms with van der Waals surface area (Å²) in [5.41, 5.74) is 11.0. The van der Waals surface area contributed by atoms with Crippen LogP contribution in [0.15, 0.2) is 35.1 Å². The van der Waals surface area contributed by atoms with Gasteiger partial charge in [-0.05, 0) is 23.4 Å². The zero-order valence-electron chi connectivity index (χ0n) is 11.0. The van der Waals surface area contributed by atoms with Crippen molar-refractivity contribution in [2.75, 3.05) is 5.73 Å². The summed E-state index contributed by atoms with van der Waals surface area (Å²) in [4.78, 5) is 24.1. The van der Waals surface area contributed by atoms with Crippen molar-refractivity contribution in [3.05, 3.63) is 40.7 Å². The average Bonchev–Trinajstić information content (AvgIpc) is 2.33. The van der Waals surface area contributed by atoms with Gasteiger partial charge in [-0.15, -0.1) is 0 Å². The van der Waals surface area contributed by atoms with Gasteiger partial charge >= 0.3 is 0 Å². The fourth-order valence-electron chi connectivity index (χ4n) is 2.33. The van der Waals surface area contributed by atoms with Gasteiger partial charge < -0.3 is 11.5 Å². The lowest BCUT2D eigenvalue weighted by Gasteiger charge is -2.22. The van der Waals surface area contributed by atoms with E-state index < -0.39 is 11.9 Å². The maximum Gasteiger partial charge on any atom is 0.260 e. The second-order valence-corrected chi connectivity index (χ2v) is 4.92. The highest BCUT2D eigenvalue weighted by Crippen LogP contribution is 2.21. The quantitative estimate of drug-likeness (QED) is 0.869. The smallest absolute Gasteiger partial charge is 0.260 e. The molecule has 0 aliphatic heterocycles. The number of pyridine rings is 1. The van der Waals surface area contributed by atoms with Gasteiger partial charge in [0, 0.05) is 5.39 Å². The van der Waals surface area contributed by atoms with Gasteiger partial charge in [-0.25, -0.2) is 0 Å². The van der Waals surface area contributed by atoms with Crippen LogP contribution in [0.5, 0.6) is 0 Å². The second kappa shape index (κ2) is 4.76. The minimum atomic E-state index is -0.739. The van der Waals surface area contributed by atoms with Crippen LogP contribution in [0, 0.1) is 5.92 Å². The van der Waals surface area contributed by atoms with Crippen molar-refractivity contribution in [1.82, 2.24) is 4.57 Å². The SMILES string of the molecule is CC(C)C(C(N)=O)n1c(N)cc2ccccc2c1=O. The van der Waals surface area contributed by atoms with Crippen molar-refractivity contribution in [2.45, 2.75) is 19.9 Å². The van der Waals surface area contributed by atoms with Crippen molar-refractivity contribution in [1.29, 1.82) is 0 Å². The Balaban J connectivity index is 2.80. The highest BCUT2D eigenvalue weighted by Gasteiger charge is 2.25. The molecule has 0 aliphatic carbocycles. The number of fused-ring (bicyclic) bond motifs is 1. The predicted molar refractivity (Wildman–Crippen MR) is 75.7 cm³/mol. The number of nitrogens with two attached hydrogens (primary N) is 2. The maximum absolute atomic E-state index is 12.5. The number of aromatic nitrogens is 1. The normalized spacial score (nSPS) is 12.8. The molecule has 1 aromatic heterocycles. The molecule has 2 aromatic rings. The molecule has 4 N–H and O–H groups in total. The highest BCUT2D eigenvalue weighted by molar-refractivity contribution is 5.85. The van der Waals surface area contributed by atoms with Crippen LogP contribution in [0.4, 0.5) is 5.82 Å². The summed E-state index contributed by atoms with van der Waals surface area (Å²) in [5.74, 6) is -0.418. The summed E-state index contributed by atoms with van der Waals surface area (Å²) < 4.78 is 1.29. The number of carbonyl (C=O) groups excluding carboxylic acids is 1. The third-order valence-corrected chi connectivity index (χ3v) is 3.19. The van der Waals surface area contributed by atoms with Crippen molar-refractivity contribution in [3.8, 4) is 0 Å².